The van der Waals surface area contributed by atoms with E-state index in [9.17, 15) is 9.59 Å². The third-order valence-corrected chi connectivity index (χ3v) is 8.76. The Hall–Kier alpha value is -3.50. The molecule has 2 heterocycles. The van der Waals surface area contributed by atoms with E-state index < -0.39 is 12.1 Å². The van der Waals surface area contributed by atoms with Crippen molar-refractivity contribution in [2.75, 3.05) is 60.2 Å². The van der Waals surface area contributed by atoms with Crippen LogP contribution in [0.5, 0.6) is 17.2 Å². The van der Waals surface area contributed by atoms with Gasteiger partial charge >= 0.3 is 12.0 Å². The molecule has 2 fully saturated rings. The number of morpholine rings is 1. The molecule has 2 amide bonds. The SMILES string of the molecule is CCC(CC)NC(=O)N1CCCC[C@H]1C(=O)O[C@H](CCc1ccc(OC)c(OC)c1)c1cccc(OCCN2CCOCC2)c1. The van der Waals surface area contributed by atoms with E-state index in [1.54, 1.807) is 19.1 Å². The molecule has 2 aliphatic heterocycles. The van der Waals surface area contributed by atoms with Gasteiger partial charge in [0.05, 0.1) is 27.4 Å². The number of ether oxygens (including phenoxy) is 5. The van der Waals surface area contributed by atoms with Crippen molar-refractivity contribution in [3.8, 4) is 17.2 Å². The topological polar surface area (TPSA) is 98.8 Å². The standard InChI is InChI=1S/C35H51N3O7/c1-5-28(6-2)36-35(40)38-17-8-7-12-30(38)34(39)45-31(15-13-26-14-16-32(41-3)33(24-26)42-4)27-10-9-11-29(25-27)44-23-20-37-18-21-43-22-19-37/h9-11,14,16,24-25,28,30-31H,5-8,12-13,15,17-23H2,1-4H3,(H,36,40)/t30-,31+/m0/s1. The number of esters is 1. The van der Waals surface area contributed by atoms with Gasteiger partial charge in [0.25, 0.3) is 0 Å². The Morgan fingerprint density at radius 1 is 0.978 bits per heavy atom. The highest BCUT2D eigenvalue weighted by molar-refractivity contribution is 5.84. The second-order valence-electron chi connectivity index (χ2n) is 11.7. The van der Waals surface area contributed by atoms with Gasteiger partial charge in [0.2, 0.25) is 0 Å². The first kappa shape index (κ1) is 34.4. The van der Waals surface area contributed by atoms with Crippen LogP contribution in [-0.4, -0.2) is 94.1 Å². The third-order valence-electron chi connectivity index (χ3n) is 8.76. The van der Waals surface area contributed by atoms with E-state index in [1.165, 1.54) is 0 Å². The molecule has 248 valence electrons. The molecule has 1 N–H and O–H groups in total. The molecule has 2 aromatic rings. The first-order chi connectivity index (χ1) is 21.9. The number of aryl methyl sites for hydroxylation is 1. The number of carbonyl (C=O) groups excluding carboxylic acids is 2. The smallest absolute Gasteiger partial charge is 0.329 e. The molecule has 45 heavy (non-hydrogen) atoms. The fourth-order valence-electron chi connectivity index (χ4n) is 5.94. The average Bonchev–Trinajstić information content (AvgIpc) is 3.09. The molecule has 2 saturated heterocycles. The molecule has 10 nitrogen and oxygen atoms in total. The Bertz CT molecular complexity index is 1220. The molecule has 0 bridgehead atoms. The van der Waals surface area contributed by atoms with Gasteiger partial charge in [-0.15, -0.1) is 0 Å². The van der Waals surface area contributed by atoms with Crippen molar-refractivity contribution in [1.29, 1.82) is 0 Å². The summed E-state index contributed by atoms with van der Waals surface area (Å²) in [5.41, 5.74) is 1.90. The van der Waals surface area contributed by atoms with Gasteiger partial charge in [0.1, 0.15) is 24.5 Å². The number of benzene rings is 2. The number of hydrogen-bond donors (Lipinski definition) is 1. The molecule has 2 aliphatic rings. The fourth-order valence-corrected chi connectivity index (χ4v) is 5.94. The minimum absolute atomic E-state index is 0.0799. The maximum absolute atomic E-state index is 13.8. The van der Waals surface area contributed by atoms with Gasteiger partial charge in [-0.25, -0.2) is 9.59 Å². The molecule has 0 spiro atoms. The molecule has 10 heteroatoms. The summed E-state index contributed by atoms with van der Waals surface area (Å²) < 4.78 is 28.8. The molecular formula is C35H51N3O7. The lowest BCUT2D eigenvalue weighted by molar-refractivity contribution is -0.156. The number of nitrogens with one attached hydrogen (secondary N) is 1. The van der Waals surface area contributed by atoms with E-state index in [-0.39, 0.29) is 18.0 Å². The van der Waals surface area contributed by atoms with Crippen molar-refractivity contribution < 1.29 is 33.3 Å². The zero-order valence-corrected chi connectivity index (χ0v) is 27.4. The van der Waals surface area contributed by atoms with E-state index in [0.717, 1.165) is 75.4 Å². The third kappa shape index (κ3) is 9.99. The van der Waals surface area contributed by atoms with Gasteiger partial charge in [0, 0.05) is 32.2 Å². The molecule has 0 saturated carbocycles. The van der Waals surface area contributed by atoms with Crippen molar-refractivity contribution in [2.45, 2.75) is 77.0 Å². The van der Waals surface area contributed by atoms with Gasteiger partial charge in [-0.05, 0) is 80.3 Å². The number of rotatable bonds is 15. The number of amides is 2. The summed E-state index contributed by atoms with van der Waals surface area (Å²) in [5, 5.41) is 3.10. The lowest BCUT2D eigenvalue weighted by Crippen LogP contribution is -2.54. The number of piperidine rings is 1. The van der Waals surface area contributed by atoms with Crippen molar-refractivity contribution >= 4 is 12.0 Å². The van der Waals surface area contributed by atoms with Crippen molar-refractivity contribution in [1.82, 2.24) is 15.1 Å². The van der Waals surface area contributed by atoms with Crippen LogP contribution in [0.2, 0.25) is 0 Å². The van der Waals surface area contributed by atoms with E-state index in [0.29, 0.717) is 43.9 Å². The second-order valence-corrected chi connectivity index (χ2v) is 11.7. The molecular weight excluding hydrogens is 574 g/mol. The van der Waals surface area contributed by atoms with E-state index in [4.69, 9.17) is 23.7 Å². The van der Waals surface area contributed by atoms with Crippen LogP contribution in [0.4, 0.5) is 4.79 Å². The zero-order chi connectivity index (χ0) is 32.0. The Balaban J connectivity index is 1.50. The predicted molar refractivity (Wildman–Crippen MR) is 173 cm³/mol. The van der Waals surface area contributed by atoms with Crippen LogP contribution in [0.1, 0.15) is 69.6 Å². The van der Waals surface area contributed by atoms with E-state index in [2.05, 4.69) is 24.1 Å². The molecule has 0 aromatic heterocycles. The summed E-state index contributed by atoms with van der Waals surface area (Å²) in [6, 6.07) is 12.9. The number of carbonyl (C=O) groups is 2. The van der Waals surface area contributed by atoms with Crippen LogP contribution >= 0.6 is 0 Å². The molecule has 0 unspecified atom stereocenters. The van der Waals surface area contributed by atoms with Crippen LogP contribution in [0.25, 0.3) is 0 Å². The Labute approximate surface area is 268 Å². The fraction of sp³-hybridized carbons (Fsp3) is 0.600. The van der Waals surface area contributed by atoms with E-state index in [1.807, 2.05) is 42.5 Å². The highest BCUT2D eigenvalue weighted by Crippen LogP contribution is 2.32. The second kappa shape index (κ2) is 17.8. The van der Waals surface area contributed by atoms with Crippen molar-refractivity contribution in [3.05, 3.63) is 53.6 Å². The summed E-state index contributed by atoms with van der Waals surface area (Å²) in [6.45, 7) is 9.34. The normalized spacial score (nSPS) is 17.9. The molecule has 0 aliphatic carbocycles. The van der Waals surface area contributed by atoms with Gasteiger partial charge in [0.15, 0.2) is 11.5 Å². The predicted octanol–water partition coefficient (Wildman–Crippen LogP) is 5.38. The minimum atomic E-state index is -0.621. The van der Waals surface area contributed by atoms with Crippen molar-refractivity contribution in [3.63, 3.8) is 0 Å². The maximum atomic E-state index is 13.8. The summed E-state index contributed by atoms with van der Waals surface area (Å²) in [6.07, 6.45) is 4.67. The van der Waals surface area contributed by atoms with Gasteiger partial charge < -0.3 is 33.9 Å². The number of urea groups is 1. The van der Waals surface area contributed by atoms with Crippen LogP contribution in [-0.2, 0) is 20.7 Å². The van der Waals surface area contributed by atoms with Gasteiger partial charge in [-0.3, -0.25) is 4.90 Å². The molecule has 0 radical (unpaired) electrons. The monoisotopic (exact) mass is 625 g/mol. The number of hydrogen-bond acceptors (Lipinski definition) is 8. The molecule has 2 aromatic carbocycles. The van der Waals surface area contributed by atoms with Gasteiger partial charge in [-0.1, -0.05) is 32.0 Å². The van der Waals surface area contributed by atoms with Crippen LogP contribution in [0.15, 0.2) is 42.5 Å². The maximum Gasteiger partial charge on any atom is 0.329 e. The Morgan fingerprint density at radius 2 is 1.76 bits per heavy atom. The van der Waals surface area contributed by atoms with Crippen LogP contribution < -0.4 is 19.5 Å². The first-order valence-electron chi connectivity index (χ1n) is 16.5. The Kier molecular flexibility index (Phi) is 13.6. The highest BCUT2D eigenvalue weighted by atomic mass is 16.5. The minimum Gasteiger partial charge on any atom is -0.493 e. The molecule has 2 atom stereocenters. The highest BCUT2D eigenvalue weighted by Gasteiger charge is 2.35. The summed E-state index contributed by atoms with van der Waals surface area (Å²) in [5.74, 6) is 1.68. The quantitative estimate of drug-likeness (QED) is 0.264. The summed E-state index contributed by atoms with van der Waals surface area (Å²) in [4.78, 5) is 31.1. The van der Waals surface area contributed by atoms with Crippen molar-refractivity contribution in [2.24, 2.45) is 0 Å². The average molecular weight is 626 g/mol. The molecule has 4 rings (SSSR count). The number of likely N-dealkylation sites (tertiary alicyclic amines) is 1. The lowest BCUT2D eigenvalue weighted by Gasteiger charge is -2.36. The number of methoxy groups -OCH3 is 2. The first-order valence-corrected chi connectivity index (χ1v) is 16.5. The largest absolute Gasteiger partial charge is 0.493 e. The summed E-state index contributed by atoms with van der Waals surface area (Å²) >= 11 is 0. The lowest BCUT2D eigenvalue weighted by atomic mass is 9.99. The number of nitrogens with zero attached hydrogens (tertiary/aromatic N) is 2. The van der Waals surface area contributed by atoms with Crippen LogP contribution in [0, 0.1) is 0 Å². The summed E-state index contributed by atoms with van der Waals surface area (Å²) in [7, 11) is 3.23. The Morgan fingerprint density at radius 3 is 2.49 bits per heavy atom. The van der Waals surface area contributed by atoms with Gasteiger partial charge in [-0.2, -0.15) is 0 Å². The van der Waals surface area contributed by atoms with Crippen LogP contribution in [0.3, 0.4) is 0 Å². The zero-order valence-electron chi connectivity index (χ0n) is 27.4. The van der Waals surface area contributed by atoms with E-state index >= 15 is 0 Å².